The molecule has 2 aromatic rings. The summed E-state index contributed by atoms with van der Waals surface area (Å²) in [6.45, 7) is 4.01. The Kier molecular flexibility index (Phi) is 4.20. The predicted molar refractivity (Wildman–Crippen MR) is 90.4 cm³/mol. The Labute approximate surface area is 139 Å². The van der Waals surface area contributed by atoms with E-state index in [2.05, 4.69) is 5.32 Å². The van der Waals surface area contributed by atoms with Crippen LogP contribution in [0.25, 0.3) is 0 Å². The van der Waals surface area contributed by atoms with Crippen LogP contribution in [0.3, 0.4) is 0 Å². The van der Waals surface area contributed by atoms with Gasteiger partial charge in [-0.05, 0) is 50.1 Å². The van der Waals surface area contributed by atoms with Crippen molar-refractivity contribution in [3.8, 4) is 0 Å². The predicted octanol–water partition coefficient (Wildman–Crippen LogP) is 2.64. The van der Waals surface area contributed by atoms with E-state index in [9.17, 15) is 14.4 Å². The minimum absolute atomic E-state index is 0.123. The highest BCUT2D eigenvalue weighted by Gasteiger charge is 2.21. The third-order valence-corrected chi connectivity index (χ3v) is 4.07. The minimum Gasteiger partial charge on any atom is -0.427 e. The Hall–Kier alpha value is -2.89. The molecule has 6 heteroatoms. The van der Waals surface area contributed by atoms with Crippen LogP contribution in [0.1, 0.15) is 34.5 Å². The second-order valence-electron chi connectivity index (χ2n) is 5.83. The molecule has 0 atom stereocenters. The molecule has 2 heterocycles. The summed E-state index contributed by atoms with van der Waals surface area (Å²) in [4.78, 5) is 37.2. The quantitative estimate of drug-likeness (QED) is 0.940. The fourth-order valence-corrected chi connectivity index (χ4v) is 2.94. The molecular weight excluding hydrogens is 308 g/mol. The molecule has 1 aliphatic heterocycles. The molecule has 2 amide bonds. The lowest BCUT2D eigenvalue weighted by molar-refractivity contribution is -0.117. The number of nitrogens with zero attached hydrogens (tertiary/aromatic N) is 1. The number of carbonyl (C=O) groups is 2. The van der Waals surface area contributed by atoms with Gasteiger partial charge in [-0.3, -0.25) is 9.59 Å². The maximum Gasteiger partial charge on any atom is 0.336 e. The average Bonchev–Trinajstić information content (AvgIpc) is 2.93. The van der Waals surface area contributed by atoms with E-state index < -0.39 is 5.63 Å². The molecular formula is C18H18N2O4. The highest BCUT2D eigenvalue weighted by Crippen LogP contribution is 2.23. The van der Waals surface area contributed by atoms with Gasteiger partial charge < -0.3 is 14.6 Å². The van der Waals surface area contributed by atoms with E-state index in [1.165, 1.54) is 6.07 Å². The summed E-state index contributed by atoms with van der Waals surface area (Å²) in [6.07, 6.45) is 1.45. The number of rotatable bonds is 3. The largest absolute Gasteiger partial charge is 0.427 e. The Morgan fingerprint density at radius 2 is 1.88 bits per heavy atom. The lowest BCUT2D eigenvalue weighted by atomic mass is 10.1. The van der Waals surface area contributed by atoms with Crippen molar-refractivity contribution in [1.29, 1.82) is 0 Å². The molecule has 1 saturated heterocycles. The van der Waals surface area contributed by atoms with Crippen LogP contribution in [0.5, 0.6) is 0 Å². The summed E-state index contributed by atoms with van der Waals surface area (Å²) in [6, 6.07) is 8.42. The van der Waals surface area contributed by atoms with Crippen molar-refractivity contribution >= 4 is 23.2 Å². The highest BCUT2D eigenvalue weighted by atomic mass is 16.4. The number of hydrogen-bond acceptors (Lipinski definition) is 4. The molecule has 1 aliphatic rings. The van der Waals surface area contributed by atoms with Gasteiger partial charge >= 0.3 is 5.63 Å². The zero-order chi connectivity index (χ0) is 17.3. The van der Waals surface area contributed by atoms with Crippen molar-refractivity contribution < 1.29 is 14.0 Å². The molecule has 1 aromatic carbocycles. The van der Waals surface area contributed by atoms with E-state index in [1.54, 1.807) is 30.9 Å². The first kappa shape index (κ1) is 16.0. The average molecular weight is 326 g/mol. The molecule has 0 radical (unpaired) electrons. The number of anilines is 2. The van der Waals surface area contributed by atoms with Crippen LogP contribution in [0.15, 0.2) is 39.5 Å². The summed E-state index contributed by atoms with van der Waals surface area (Å²) in [7, 11) is 0. The summed E-state index contributed by atoms with van der Waals surface area (Å²) in [5.74, 6) is 0.0767. The lowest BCUT2D eigenvalue weighted by Gasteiger charge is -2.16. The normalized spacial score (nSPS) is 14.1. The SMILES string of the molecule is Cc1cc(=O)oc(C)c1C(=O)Nc1ccc(N2CCCC2=O)cc1. The minimum atomic E-state index is -0.471. The van der Waals surface area contributed by atoms with E-state index in [4.69, 9.17) is 4.42 Å². The number of aryl methyl sites for hydroxylation is 2. The molecule has 1 N–H and O–H groups in total. The van der Waals surface area contributed by atoms with Gasteiger partial charge in [0.25, 0.3) is 5.91 Å². The van der Waals surface area contributed by atoms with Crippen molar-refractivity contribution in [2.24, 2.45) is 0 Å². The molecule has 0 spiro atoms. The van der Waals surface area contributed by atoms with Gasteiger partial charge in [0.2, 0.25) is 5.91 Å². The van der Waals surface area contributed by atoms with Crippen molar-refractivity contribution in [3.63, 3.8) is 0 Å². The van der Waals surface area contributed by atoms with Gasteiger partial charge in [-0.2, -0.15) is 0 Å². The van der Waals surface area contributed by atoms with Crippen LogP contribution in [0.2, 0.25) is 0 Å². The fourth-order valence-electron chi connectivity index (χ4n) is 2.94. The smallest absolute Gasteiger partial charge is 0.336 e. The van der Waals surface area contributed by atoms with Crippen LogP contribution in [-0.2, 0) is 4.79 Å². The fraction of sp³-hybridized carbons (Fsp3) is 0.278. The number of nitrogens with one attached hydrogen (secondary N) is 1. The standard InChI is InChI=1S/C18H18N2O4/c1-11-10-16(22)24-12(2)17(11)18(23)19-13-5-7-14(8-6-13)20-9-3-4-15(20)21/h5-8,10H,3-4,9H2,1-2H3,(H,19,23). The maximum absolute atomic E-state index is 12.4. The molecule has 0 saturated carbocycles. The molecule has 124 valence electrons. The number of amides is 2. The summed E-state index contributed by atoms with van der Waals surface area (Å²) in [5.41, 5.74) is 1.89. The highest BCUT2D eigenvalue weighted by molar-refractivity contribution is 6.06. The van der Waals surface area contributed by atoms with Gasteiger partial charge in [-0.15, -0.1) is 0 Å². The van der Waals surface area contributed by atoms with Crippen molar-refractivity contribution in [1.82, 2.24) is 0 Å². The Bertz CT molecular complexity index is 826. The van der Waals surface area contributed by atoms with E-state index in [-0.39, 0.29) is 17.6 Å². The van der Waals surface area contributed by atoms with Crippen molar-refractivity contribution in [3.05, 3.63) is 57.6 Å². The van der Waals surface area contributed by atoms with Crippen LogP contribution in [0.4, 0.5) is 11.4 Å². The third kappa shape index (κ3) is 3.08. The second kappa shape index (κ2) is 6.31. The van der Waals surface area contributed by atoms with Crippen molar-refractivity contribution in [2.45, 2.75) is 26.7 Å². The van der Waals surface area contributed by atoms with E-state index in [0.29, 0.717) is 23.2 Å². The van der Waals surface area contributed by atoms with Crippen LogP contribution in [-0.4, -0.2) is 18.4 Å². The van der Waals surface area contributed by atoms with Crippen molar-refractivity contribution in [2.75, 3.05) is 16.8 Å². The van der Waals surface area contributed by atoms with Gasteiger partial charge in [0.15, 0.2) is 0 Å². The number of benzene rings is 1. The van der Waals surface area contributed by atoms with Crippen LogP contribution < -0.4 is 15.8 Å². The van der Waals surface area contributed by atoms with E-state index in [0.717, 1.165) is 18.7 Å². The maximum atomic E-state index is 12.4. The lowest BCUT2D eigenvalue weighted by Crippen LogP contribution is -2.23. The van der Waals surface area contributed by atoms with E-state index in [1.807, 2.05) is 12.1 Å². The topological polar surface area (TPSA) is 79.6 Å². The summed E-state index contributed by atoms with van der Waals surface area (Å²) >= 11 is 0. The number of hydrogen-bond donors (Lipinski definition) is 1. The first-order valence-electron chi connectivity index (χ1n) is 7.79. The van der Waals surface area contributed by atoms with Crippen LogP contribution >= 0.6 is 0 Å². The van der Waals surface area contributed by atoms with Gasteiger partial charge in [-0.1, -0.05) is 0 Å². The molecule has 1 fully saturated rings. The molecule has 3 rings (SSSR count). The molecule has 0 bridgehead atoms. The summed E-state index contributed by atoms with van der Waals surface area (Å²) in [5, 5.41) is 2.78. The molecule has 6 nitrogen and oxygen atoms in total. The molecule has 0 unspecified atom stereocenters. The monoisotopic (exact) mass is 326 g/mol. The van der Waals surface area contributed by atoms with Gasteiger partial charge in [-0.25, -0.2) is 4.79 Å². The van der Waals surface area contributed by atoms with Gasteiger partial charge in [0, 0.05) is 30.4 Å². The Balaban J connectivity index is 1.78. The van der Waals surface area contributed by atoms with E-state index >= 15 is 0 Å². The van der Waals surface area contributed by atoms with Gasteiger partial charge in [0.1, 0.15) is 5.76 Å². The molecule has 1 aromatic heterocycles. The Morgan fingerprint density at radius 1 is 1.17 bits per heavy atom. The molecule has 24 heavy (non-hydrogen) atoms. The first-order valence-corrected chi connectivity index (χ1v) is 7.79. The number of carbonyl (C=O) groups excluding carboxylic acids is 2. The Morgan fingerprint density at radius 3 is 2.46 bits per heavy atom. The first-order chi connectivity index (χ1) is 11.5. The third-order valence-electron chi connectivity index (χ3n) is 4.07. The second-order valence-corrected chi connectivity index (χ2v) is 5.83. The van der Waals surface area contributed by atoms with Crippen LogP contribution in [0, 0.1) is 13.8 Å². The van der Waals surface area contributed by atoms with Gasteiger partial charge in [0.05, 0.1) is 5.56 Å². The summed E-state index contributed by atoms with van der Waals surface area (Å²) < 4.78 is 4.99. The molecule has 0 aliphatic carbocycles. The zero-order valence-corrected chi connectivity index (χ0v) is 13.6. The zero-order valence-electron chi connectivity index (χ0n) is 13.6.